The van der Waals surface area contributed by atoms with E-state index in [0.717, 1.165) is 28.0 Å². The second-order valence-corrected chi connectivity index (χ2v) is 7.81. The average Bonchev–Trinajstić information content (AvgIpc) is 3.37. The SMILES string of the molecule is Cc1occc1-c1nnc(SCCCC(=O)c2ccc(F)cc2)n1-c1ccccc1. The summed E-state index contributed by atoms with van der Waals surface area (Å²) in [6.45, 7) is 1.90. The molecule has 0 saturated heterocycles. The molecule has 2 heterocycles. The summed E-state index contributed by atoms with van der Waals surface area (Å²) in [6.07, 6.45) is 2.72. The van der Waals surface area contributed by atoms with Gasteiger partial charge in [-0.2, -0.15) is 0 Å². The van der Waals surface area contributed by atoms with Crippen molar-refractivity contribution in [1.29, 1.82) is 0 Å². The van der Waals surface area contributed by atoms with E-state index in [1.165, 1.54) is 24.3 Å². The number of carbonyl (C=O) groups is 1. The van der Waals surface area contributed by atoms with E-state index in [0.29, 0.717) is 24.2 Å². The highest BCUT2D eigenvalue weighted by atomic mass is 32.2. The molecule has 5 nitrogen and oxygen atoms in total. The fourth-order valence-electron chi connectivity index (χ4n) is 3.14. The topological polar surface area (TPSA) is 60.9 Å². The van der Waals surface area contributed by atoms with Crippen molar-refractivity contribution >= 4 is 17.5 Å². The molecule has 30 heavy (non-hydrogen) atoms. The van der Waals surface area contributed by atoms with Crippen LogP contribution in [0.2, 0.25) is 0 Å². The molecule has 0 amide bonds. The van der Waals surface area contributed by atoms with Crippen molar-refractivity contribution in [2.75, 3.05) is 5.75 Å². The first-order valence-electron chi connectivity index (χ1n) is 9.60. The number of carbonyl (C=O) groups excluding carboxylic acids is 1. The Morgan fingerprint density at radius 2 is 1.83 bits per heavy atom. The number of aromatic nitrogens is 3. The summed E-state index contributed by atoms with van der Waals surface area (Å²) in [5.41, 5.74) is 2.39. The zero-order chi connectivity index (χ0) is 20.9. The standard InChI is InChI=1S/C23H20FN3O2S/c1-16-20(13-14-29-16)22-25-26-23(27(22)19-6-3-2-4-7-19)30-15-5-8-21(28)17-9-11-18(24)12-10-17/h2-4,6-7,9-14H,5,8,15H2,1H3. The van der Waals surface area contributed by atoms with Gasteiger partial charge in [-0.1, -0.05) is 30.0 Å². The van der Waals surface area contributed by atoms with Crippen molar-refractivity contribution in [2.24, 2.45) is 0 Å². The quantitative estimate of drug-likeness (QED) is 0.207. The minimum atomic E-state index is -0.342. The molecule has 0 fully saturated rings. The van der Waals surface area contributed by atoms with Crippen LogP contribution in [0.5, 0.6) is 0 Å². The summed E-state index contributed by atoms with van der Waals surface area (Å²) in [7, 11) is 0. The van der Waals surface area contributed by atoms with Crippen LogP contribution in [0.4, 0.5) is 4.39 Å². The summed E-state index contributed by atoms with van der Waals surface area (Å²) in [5.74, 6) is 1.88. The number of benzene rings is 2. The molecule has 0 bridgehead atoms. The molecule has 0 unspecified atom stereocenters. The molecule has 4 aromatic rings. The maximum atomic E-state index is 13.0. The van der Waals surface area contributed by atoms with Gasteiger partial charge in [-0.05, 0) is 55.8 Å². The lowest BCUT2D eigenvalue weighted by molar-refractivity contribution is 0.0982. The van der Waals surface area contributed by atoms with Gasteiger partial charge in [0.05, 0.1) is 11.8 Å². The molecule has 0 saturated carbocycles. The molecule has 0 spiro atoms. The number of aryl methyl sites for hydroxylation is 1. The predicted molar refractivity (Wildman–Crippen MR) is 114 cm³/mol. The van der Waals surface area contributed by atoms with E-state index in [2.05, 4.69) is 10.2 Å². The first kappa shape index (κ1) is 20.1. The maximum absolute atomic E-state index is 13.0. The van der Waals surface area contributed by atoms with Crippen LogP contribution >= 0.6 is 11.8 Å². The molecule has 0 radical (unpaired) electrons. The first-order valence-corrected chi connectivity index (χ1v) is 10.6. The first-order chi connectivity index (χ1) is 14.6. The normalized spacial score (nSPS) is 11.0. The monoisotopic (exact) mass is 421 g/mol. The Morgan fingerprint density at radius 1 is 1.07 bits per heavy atom. The molecule has 0 aliphatic carbocycles. The minimum absolute atomic E-state index is 0.00911. The number of furan rings is 1. The summed E-state index contributed by atoms with van der Waals surface area (Å²) in [4.78, 5) is 12.3. The van der Waals surface area contributed by atoms with Crippen LogP contribution in [0.1, 0.15) is 29.0 Å². The molecule has 0 atom stereocenters. The number of hydrogen-bond donors (Lipinski definition) is 0. The maximum Gasteiger partial charge on any atom is 0.196 e. The van der Waals surface area contributed by atoms with Crippen molar-refractivity contribution in [3.63, 3.8) is 0 Å². The Kier molecular flexibility index (Phi) is 6.09. The number of rotatable bonds is 8. The van der Waals surface area contributed by atoms with Gasteiger partial charge in [-0.15, -0.1) is 10.2 Å². The molecule has 2 aromatic carbocycles. The highest BCUT2D eigenvalue weighted by molar-refractivity contribution is 7.99. The van der Waals surface area contributed by atoms with Gasteiger partial charge in [-0.25, -0.2) is 4.39 Å². The second kappa shape index (κ2) is 9.09. The van der Waals surface area contributed by atoms with Crippen LogP contribution in [0.15, 0.2) is 76.5 Å². The second-order valence-electron chi connectivity index (χ2n) is 6.75. The number of para-hydroxylation sites is 1. The third kappa shape index (κ3) is 4.36. The highest BCUT2D eigenvalue weighted by Gasteiger charge is 2.18. The molecule has 7 heteroatoms. The zero-order valence-corrected chi connectivity index (χ0v) is 17.2. The number of ketones is 1. The fraction of sp³-hybridized carbons (Fsp3) is 0.174. The Labute approximate surface area is 177 Å². The smallest absolute Gasteiger partial charge is 0.196 e. The molecule has 0 aliphatic rings. The van der Waals surface area contributed by atoms with E-state index < -0.39 is 0 Å². The molecule has 2 aromatic heterocycles. The largest absolute Gasteiger partial charge is 0.469 e. The number of hydrogen-bond acceptors (Lipinski definition) is 5. The molecule has 152 valence electrons. The molecular formula is C23H20FN3O2S. The van der Waals surface area contributed by atoms with Crippen LogP contribution in [0, 0.1) is 12.7 Å². The zero-order valence-electron chi connectivity index (χ0n) is 16.4. The van der Waals surface area contributed by atoms with E-state index in [1.807, 2.05) is 47.9 Å². The lowest BCUT2D eigenvalue weighted by atomic mass is 10.1. The van der Waals surface area contributed by atoms with Gasteiger partial charge in [-0.3, -0.25) is 9.36 Å². The third-order valence-electron chi connectivity index (χ3n) is 4.69. The van der Waals surface area contributed by atoms with Crippen LogP contribution in [0.3, 0.4) is 0 Å². The van der Waals surface area contributed by atoms with Gasteiger partial charge in [0.2, 0.25) is 0 Å². The average molecular weight is 421 g/mol. The van der Waals surface area contributed by atoms with Crippen molar-refractivity contribution in [3.8, 4) is 17.1 Å². The molecular weight excluding hydrogens is 401 g/mol. The van der Waals surface area contributed by atoms with Crippen molar-refractivity contribution < 1.29 is 13.6 Å². The Morgan fingerprint density at radius 3 is 2.53 bits per heavy atom. The van der Waals surface area contributed by atoms with Crippen molar-refractivity contribution in [3.05, 3.63) is 84.1 Å². The molecule has 0 aliphatic heterocycles. The Hall–Kier alpha value is -3.19. The van der Waals surface area contributed by atoms with Gasteiger partial charge in [0.15, 0.2) is 16.8 Å². The van der Waals surface area contributed by atoms with E-state index in [1.54, 1.807) is 18.0 Å². The fourth-order valence-corrected chi connectivity index (χ4v) is 4.03. The van der Waals surface area contributed by atoms with Crippen LogP contribution in [0.25, 0.3) is 17.1 Å². The number of nitrogens with zero attached hydrogens (tertiary/aromatic N) is 3. The summed E-state index contributed by atoms with van der Waals surface area (Å²) < 4.78 is 20.5. The minimum Gasteiger partial charge on any atom is -0.469 e. The Bertz CT molecular complexity index is 1140. The lowest BCUT2D eigenvalue weighted by Crippen LogP contribution is -2.01. The summed E-state index contributed by atoms with van der Waals surface area (Å²) in [5, 5.41) is 9.53. The van der Waals surface area contributed by atoms with E-state index in [9.17, 15) is 9.18 Å². The van der Waals surface area contributed by atoms with E-state index in [4.69, 9.17) is 4.42 Å². The summed E-state index contributed by atoms with van der Waals surface area (Å²) >= 11 is 1.55. The van der Waals surface area contributed by atoms with Crippen LogP contribution in [-0.2, 0) is 0 Å². The summed E-state index contributed by atoms with van der Waals surface area (Å²) in [6, 6.07) is 17.5. The lowest BCUT2D eigenvalue weighted by Gasteiger charge is -2.09. The number of Topliss-reactive ketones (excluding diaryl/α,β-unsaturated/α-hetero) is 1. The van der Waals surface area contributed by atoms with Crippen molar-refractivity contribution in [1.82, 2.24) is 14.8 Å². The van der Waals surface area contributed by atoms with Gasteiger partial charge in [0, 0.05) is 23.4 Å². The molecule has 4 rings (SSSR count). The van der Waals surface area contributed by atoms with Crippen molar-refractivity contribution in [2.45, 2.75) is 24.9 Å². The van der Waals surface area contributed by atoms with E-state index in [-0.39, 0.29) is 11.6 Å². The Balaban J connectivity index is 1.48. The van der Waals surface area contributed by atoms with Crippen LogP contribution in [-0.4, -0.2) is 26.3 Å². The number of halogens is 1. The van der Waals surface area contributed by atoms with Gasteiger partial charge >= 0.3 is 0 Å². The molecule has 0 N–H and O–H groups in total. The highest BCUT2D eigenvalue weighted by Crippen LogP contribution is 2.30. The van der Waals surface area contributed by atoms with Gasteiger partial charge < -0.3 is 4.42 Å². The third-order valence-corrected chi connectivity index (χ3v) is 5.71. The van der Waals surface area contributed by atoms with E-state index >= 15 is 0 Å². The van der Waals surface area contributed by atoms with Gasteiger partial charge in [0.1, 0.15) is 11.6 Å². The number of thioether (sulfide) groups is 1. The predicted octanol–water partition coefficient (Wildman–Crippen LogP) is 5.73. The van der Waals surface area contributed by atoms with Crippen LogP contribution < -0.4 is 0 Å². The van der Waals surface area contributed by atoms with Gasteiger partial charge in [0.25, 0.3) is 0 Å².